The standard InChI is InChI=1S/C27H23BrN/c28-22-15-17-23(18-16-22)29-26-14-8-7-13-24(26)25(20-9-3-1-4-10-20)19-27(29)21-11-5-2-6-12-21/h1-6,9-12,15-19H,7-8,13-14H2/q+1. The highest BCUT2D eigenvalue weighted by Gasteiger charge is 2.29. The Balaban J connectivity index is 1.85. The molecule has 5 rings (SSSR count). The first kappa shape index (κ1) is 18.3. The Hall–Kier alpha value is -2.71. The highest BCUT2D eigenvalue weighted by atomic mass is 79.9. The van der Waals surface area contributed by atoms with Crippen LogP contribution in [0.1, 0.15) is 24.1 Å². The average Bonchev–Trinajstić information content (AvgIpc) is 2.80. The van der Waals surface area contributed by atoms with E-state index in [1.807, 2.05) is 0 Å². The molecule has 0 unspecified atom stereocenters. The number of pyridine rings is 1. The molecule has 29 heavy (non-hydrogen) atoms. The zero-order chi connectivity index (χ0) is 19.6. The minimum Gasteiger partial charge on any atom is -0.157 e. The summed E-state index contributed by atoms with van der Waals surface area (Å²) in [5.41, 5.74) is 9.39. The summed E-state index contributed by atoms with van der Waals surface area (Å²) < 4.78 is 3.60. The molecule has 142 valence electrons. The molecule has 3 aromatic carbocycles. The zero-order valence-electron chi connectivity index (χ0n) is 16.3. The summed E-state index contributed by atoms with van der Waals surface area (Å²) >= 11 is 3.59. The third-order valence-corrected chi connectivity index (χ3v) is 6.32. The Morgan fingerprint density at radius 1 is 0.655 bits per heavy atom. The Labute approximate surface area is 180 Å². The number of hydrogen-bond acceptors (Lipinski definition) is 0. The van der Waals surface area contributed by atoms with Crippen LogP contribution < -0.4 is 4.57 Å². The Morgan fingerprint density at radius 2 is 1.28 bits per heavy atom. The summed E-state index contributed by atoms with van der Waals surface area (Å²) in [6, 6.07) is 32.7. The Bertz CT molecular complexity index is 1130. The second-order valence-electron chi connectivity index (χ2n) is 7.62. The fraction of sp³-hybridized carbons (Fsp3) is 0.148. The van der Waals surface area contributed by atoms with Crippen LogP contribution >= 0.6 is 15.9 Å². The minimum absolute atomic E-state index is 1.11. The van der Waals surface area contributed by atoms with Crippen LogP contribution in [0.4, 0.5) is 0 Å². The first-order chi connectivity index (χ1) is 14.3. The van der Waals surface area contributed by atoms with E-state index in [9.17, 15) is 0 Å². The molecule has 0 bridgehead atoms. The van der Waals surface area contributed by atoms with Gasteiger partial charge in [0, 0.05) is 40.2 Å². The summed E-state index contributed by atoms with van der Waals surface area (Å²) in [7, 11) is 0. The summed E-state index contributed by atoms with van der Waals surface area (Å²) in [5.74, 6) is 0. The summed E-state index contributed by atoms with van der Waals surface area (Å²) in [6.07, 6.45) is 4.77. The molecule has 0 spiro atoms. The van der Waals surface area contributed by atoms with Crippen LogP contribution in [0.25, 0.3) is 28.1 Å². The van der Waals surface area contributed by atoms with Gasteiger partial charge in [-0.3, -0.25) is 0 Å². The quantitative estimate of drug-likeness (QED) is 0.303. The second kappa shape index (κ2) is 7.96. The minimum atomic E-state index is 1.11. The van der Waals surface area contributed by atoms with Crippen molar-refractivity contribution in [3.63, 3.8) is 0 Å². The maximum absolute atomic E-state index is 3.59. The predicted octanol–water partition coefficient (Wildman–Crippen LogP) is 6.94. The van der Waals surface area contributed by atoms with E-state index in [1.54, 1.807) is 0 Å². The fourth-order valence-corrected chi connectivity index (χ4v) is 4.71. The van der Waals surface area contributed by atoms with Crippen molar-refractivity contribution in [3.05, 3.63) is 107 Å². The van der Waals surface area contributed by atoms with Gasteiger partial charge in [-0.25, -0.2) is 0 Å². The summed E-state index contributed by atoms with van der Waals surface area (Å²) in [6.45, 7) is 0. The van der Waals surface area contributed by atoms with Crippen LogP contribution in [0.3, 0.4) is 0 Å². The third-order valence-electron chi connectivity index (χ3n) is 5.79. The average molecular weight is 441 g/mol. The first-order valence-corrected chi connectivity index (χ1v) is 11.1. The number of aromatic nitrogens is 1. The predicted molar refractivity (Wildman–Crippen MR) is 123 cm³/mol. The van der Waals surface area contributed by atoms with Gasteiger partial charge >= 0.3 is 0 Å². The van der Waals surface area contributed by atoms with E-state index < -0.39 is 0 Å². The van der Waals surface area contributed by atoms with Gasteiger partial charge < -0.3 is 0 Å². The van der Waals surface area contributed by atoms with E-state index in [0.29, 0.717) is 0 Å². The van der Waals surface area contributed by atoms with Gasteiger partial charge in [0.25, 0.3) is 0 Å². The molecule has 0 atom stereocenters. The SMILES string of the molecule is Brc1ccc(-[n+]2c(-c3ccccc3)cc(-c3ccccc3)c3c2CCCC3)cc1. The summed E-state index contributed by atoms with van der Waals surface area (Å²) in [5, 5.41) is 0. The van der Waals surface area contributed by atoms with Gasteiger partial charge in [0.1, 0.15) is 0 Å². The molecule has 1 aliphatic rings. The number of rotatable bonds is 3. The number of nitrogens with zero attached hydrogens (tertiary/aromatic N) is 1. The molecule has 1 aromatic heterocycles. The highest BCUT2D eigenvalue weighted by molar-refractivity contribution is 9.10. The molecule has 1 aliphatic carbocycles. The molecule has 0 aliphatic heterocycles. The van der Waals surface area contributed by atoms with Crippen LogP contribution in [0.2, 0.25) is 0 Å². The molecule has 2 heteroatoms. The van der Waals surface area contributed by atoms with Crippen LogP contribution in [0, 0.1) is 0 Å². The van der Waals surface area contributed by atoms with E-state index in [4.69, 9.17) is 0 Å². The van der Waals surface area contributed by atoms with Gasteiger partial charge in [0.05, 0.1) is 0 Å². The largest absolute Gasteiger partial charge is 0.219 e. The topological polar surface area (TPSA) is 3.88 Å². The van der Waals surface area contributed by atoms with Gasteiger partial charge in [0.15, 0.2) is 5.69 Å². The van der Waals surface area contributed by atoms with Crippen LogP contribution in [-0.2, 0) is 12.8 Å². The lowest BCUT2D eigenvalue weighted by molar-refractivity contribution is -0.593. The van der Waals surface area contributed by atoms with Crippen LogP contribution in [0.15, 0.2) is 95.5 Å². The molecule has 1 heterocycles. The van der Waals surface area contributed by atoms with Crippen molar-refractivity contribution >= 4 is 15.9 Å². The molecule has 0 fully saturated rings. The fourth-order valence-electron chi connectivity index (χ4n) is 4.44. The molecule has 0 saturated carbocycles. The van der Waals surface area contributed by atoms with E-state index in [-0.39, 0.29) is 0 Å². The Morgan fingerprint density at radius 3 is 1.97 bits per heavy atom. The first-order valence-electron chi connectivity index (χ1n) is 10.3. The van der Waals surface area contributed by atoms with E-state index in [0.717, 1.165) is 17.3 Å². The molecular formula is C27H23BrN+. The molecule has 4 aromatic rings. The maximum atomic E-state index is 3.59. The molecular weight excluding hydrogens is 418 g/mol. The summed E-state index contributed by atoms with van der Waals surface area (Å²) in [4.78, 5) is 0. The lowest BCUT2D eigenvalue weighted by Crippen LogP contribution is -2.41. The van der Waals surface area contributed by atoms with Crippen molar-refractivity contribution in [2.75, 3.05) is 0 Å². The lowest BCUT2D eigenvalue weighted by Gasteiger charge is -2.20. The third kappa shape index (κ3) is 3.54. The number of hydrogen-bond donors (Lipinski definition) is 0. The van der Waals surface area contributed by atoms with Crippen molar-refractivity contribution in [3.8, 4) is 28.1 Å². The molecule has 1 nitrogen and oxygen atoms in total. The highest BCUT2D eigenvalue weighted by Crippen LogP contribution is 2.34. The second-order valence-corrected chi connectivity index (χ2v) is 8.54. The van der Waals surface area contributed by atoms with Gasteiger partial charge in [-0.05, 0) is 54.7 Å². The smallest absolute Gasteiger partial charge is 0.157 e. The van der Waals surface area contributed by atoms with Gasteiger partial charge in [-0.15, -0.1) is 0 Å². The van der Waals surface area contributed by atoms with Crippen molar-refractivity contribution in [1.29, 1.82) is 0 Å². The maximum Gasteiger partial charge on any atom is 0.219 e. The van der Waals surface area contributed by atoms with Crippen molar-refractivity contribution in [2.45, 2.75) is 25.7 Å². The normalized spacial score (nSPS) is 13.1. The Kier molecular flexibility index (Phi) is 5.03. The van der Waals surface area contributed by atoms with Crippen molar-refractivity contribution < 1.29 is 4.57 Å². The molecule has 0 radical (unpaired) electrons. The van der Waals surface area contributed by atoms with Crippen molar-refractivity contribution in [2.24, 2.45) is 0 Å². The van der Waals surface area contributed by atoms with Crippen LogP contribution in [0.5, 0.6) is 0 Å². The van der Waals surface area contributed by atoms with E-state index in [1.165, 1.54) is 52.2 Å². The molecule has 0 saturated heterocycles. The molecule has 0 N–H and O–H groups in total. The lowest BCUT2D eigenvalue weighted by atomic mass is 9.87. The zero-order valence-corrected chi connectivity index (χ0v) is 17.9. The number of fused-ring (bicyclic) bond motifs is 1. The van der Waals surface area contributed by atoms with Gasteiger partial charge in [0.2, 0.25) is 11.4 Å². The van der Waals surface area contributed by atoms with Gasteiger partial charge in [-0.2, -0.15) is 4.57 Å². The van der Waals surface area contributed by atoms with Crippen LogP contribution in [-0.4, -0.2) is 0 Å². The van der Waals surface area contributed by atoms with Gasteiger partial charge in [-0.1, -0.05) is 64.5 Å². The molecule has 0 amide bonds. The number of halogens is 1. The van der Waals surface area contributed by atoms with E-state index >= 15 is 0 Å². The number of benzene rings is 3. The monoisotopic (exact) mass is 440 g/mol. The van der Waals surface area contributed by atoms with E-state index in [2.05, 4.69) is 111 Å². The van der Waals surface area contributed by atoms with Crippen molar-refractivity contribution in [1.82, 2.24) is 0 Å².